The summed E-state index contributed by atoms with van der Waals surface area (Å²) in [5.41, 5.74) is 2.03. The first-order valence-corrected chi connectivity index (χ1v) is 7.43. The van der Waals surface area contributed by atoms with Crippen LogP contribution in [0.25, 0.3) is 6.08 Å². The first-order valence-electron chi connectivity index (χ1n) is 7.43. The number of aromatic hydroxyl groups is 1. The lowest BCUT2D eigenvalue weighted by molar-refractivity contribution is -0.124. The maximum atomic E-state index is 12.1. The van der Waals surface area contributed by atoms with Gasteiger partial charge in [0.05, 0.1) is 7.11 Å². The molecule has 2 aromatic carbocycles. The van der Waals surface area contributed by atoms with E-state index >= 15 is 0 Å². The van der Waals surface area contributed by atoms with Crippen LogP contribution in [-0.2, 0) is 11.2 Å². The molecule has 0 radical (unpaired) electrons. The number of phenols is 1. The topological polar surface area (TPSA) is 49.8 Å². The van der Waals surface area contributed by atoms with Crippen molar-refractivity contribution in [3.8, 4) is 11.5 Å². The van der Waals surface area contributed by atoms with E-state index in [1.165, 1.54) is 0 Å². The Bertz CT molecular complexity index is 660. The maximum Gasteiger partial charge on any atom is 0.246 e. The highest BCUT2D eigenvalue weighted by molar-refractivity contribution is 5.91. The zero-order chi connectivity index (χ0) is 16.7. The van der Waals surface area contributed by atoms with Gasteiger partial charge in [-0.05, 0) is 47.9 Å². The normalized spacial score (nSPS) is 10.7. The summed E-state index contributed by atoms with van der Waals surface area (Å²) in [5, 5.41) is 9.23. The average Bonchev–Trinajstić information content (AvgIpc) is 2.59. The Morgan fingerprint density at radius 1 is 1.13 bits per heavy atom. The number of carbonyl (C=O) groups excluding carboxylic acids is 1. The molecule has 2 aromatic rings. The summed E-state index contributed by atoms with van der Waals surface area (Å²) in [6.07, 6.45) is 4.07. The number of amides is 1. The predicted molar refractivity (Wildman–Crippen MR) is 91.5 cm³/mol. The van der Waals surface area contributed by atoms with Gasteiger partial charge in [-0.25, -0.2) is 0 Å². The summed E-state index contributed by atoms with van der Waals surface area (Å²) in [6, 6.07) is 14.6. The second-order valence-corrected chi connectivity index (χ2v) is 5.28. The molecular weight excluding hydrogens is 290 g/mol. The van der Waals surface area contributed by atoms with E-state index in [1.54, 1.807) is 55.5 Å². The molecule has 0 bridgehead atoms. The lowest BCUT2D eigenvalue weighted by atomic mass is 10.1. The van der Waals surface area contributed by atoms with Gasteiger partial charge >= 0.3 is 0 Å². The molecule has 0 unspecified atom stereocenters. The Labute approximate surface area is 136 Å². The number of phenolic OH excluding ortho intramolecular Hbond substituents is 1. The second-order valence-electron chi connectivity index (χ2n) is 5.28. The quantitative estimate of drug-likeness (QED) is 0.834. The minimum atomic E-state index is -0.0495. The highest BCUT2D eigenvalue weighted by Crippen LogP contribution is 2.12. The first kappa shape index (κ1) is 16.6. The summed E-state index contributed by atoms with van der Waals surface area (Å²) in [5.74, 6) is 0.992. The van der Waals surface area contributed by atoms with Gasteiger partial charge in [0.15, 0.2) is 0 Å². The zero-order valence-electron chi connectivity index (χ0n) is 13.4. The molecule has 23 heavy (non-hydrogen) atoms. The second kappa shape index (κ2) is 8.03. The number of ether oxygens (including phenoxy) is 1. The Kier molecular flexibility index (Phi) is 5.80. The molecule has 120 valence electrons. The molecule has 0 aliphatic heterocycles. The molecule has 2 rings (SSSR count). The standard InChI is InChI=1S/C19H21NO3/c1-20(14-13-16-5-10-18(23-2)11-6-16)19(22)12-7-15-3-8-17(21)9-4-15/h3-12,21H,13-14H2,1-2H3/b12-7+. The highest BCUT2D eigenvalue weighted by Gasteiger charge is 2.05. The van der Waals surface area contributed by atoms with Gasteiger partial charge in [-0.1, -0.05) is 24.3 Å². The van der Waals surface area contributed by atoms with E-state index in [0.29, 0.717) is 6.54 Å². The zero-order valence-corrected chi connectivity index (χ0v) is 13.4. The van der Waals surface area contributed by atoms with Crippen molar-refractivity contribution in [2.75, 3.05) is 20.7 Å². The molecule has 4 nitrogen and oxygen atoms in total. The third-order valence-electron chi connectivity index (χ3n) is 3.58. The van der Waals surface area contributed by atoms with Crippen LogP contribution in [0.5, 0.6) is 11.5 Å². The van der Waals surface area contributed by atoms with Crippen LogP contribution >= 0.6 is 0 Å². The van der Waals surface area contributed by atoms with Gasteiger partial charge in [0, 0.05) is 19.7 Å². The van der Waals surface area contributed by atoms with Gasteiger partial charge < -0.3 is 14.7 Å². The number of rotatable bonds is 6. The molecule has 0 atom stereocenters. The smallest absolute Gasteiger partial charge is 0.246 e. The molecule has 0 saturated carbocycles. The minimum absolute atomic E-state index is 0.0495. The van der Waals surface area contributed by atoms with Crippen LogP contribution in [0.15, 0.2) is 54.6 Å². The van der Waals surface area contributed by atoms with Crippen molar-refractivity contribution in [1.82, 2.24) is 4.90 Å². The number of carbonyl (C=O) groups is 1. The van der Waals surface area contributed by atoms with Gasteiger partial charge in [0.2, 0.25) is 5.91 Å². The van der Waals surface area contributed by atoms with E-state index in [9.17, 15) is 9.90 Å². The van der Waals surface area contributed by atoms with Gasteiger partial charge in [0.25, 0.3) is 0 Å². The highest BCUT2D eigenvalue weighted by atomic mass is 16.5. The Hall–Kier alpha value is -2.75. The van der Waals surface area contributed by atoms with Crippen LogP contribution in [0.3, 0.4) is 0 Å². The van der Waals surface area contributed by atoms with Crippen LogP contribution in [-0.4, -0.2) is 36.6 Å². The molecule has 0 heterocycles. The third-order valence-corrected chi connectivity index (χ3v) is 3.58. The monoisotopic (exact) mass is 311 g/mol. The van der Waals surface area contributed by atoms with E-state index in [4.69, 9.17) is 4.74 Å². The van der Waals surface area contributed by atoms with Crippen molar-refractivity contribution in [2.45, 2.75) is 6.42 Å². The fraction of sp³-hybridized carbons (Fsp3) is 0.211. The molecular formula is C19H21NO3. The van der Waals surface area contributed by atoms with E-state index in [2.05, 4.69) is 0 Å². The van der Waals surface area contributed by atoms with Gasteiger partial charge in [-0.15, -0.1) is 0 Å². The number of hydrogen-bond acceptors (Lipinski definition) is 3. The van der Waals surface area contributed by atoms with Crippen LogP contribution in [0.1, 0.15) is 11.1 Å². The van der Waals surface area contributed by atoms with E-state index < -0.39 is 0 Å². The number of benzene rings is 2. The number of methoxy groups -OCH3 is 1. The summed E-state index contributed by atoms with van der Waals surface area (Å²) in [4.78, 5) is 13.8. The number of nitrogens with zero attached hydrogens (tertiary/aromatic N) is 1. The SMILES string of the molecule is COc1ccc(CCN(C)C(=O)/C=C/c2ccc(O)cc2)cc1. The maximum absolute atomic E-state index is 12.1. The van der Waals surface area contributed by atoms with Crippen molar-refractivity contribution in [2.24, 2.45) is 0 Å². The van der Waals surface area contributed by atoms with Crippen molar-refractivity contribution < 1.29 is 14.6 Å². The Balaban J connectivity index is 1.85. The number of likely N-dealkylation sites (N-methyl/N-ethyl adjacent to an activating group) is 1. The van der Waals surface area contributed by atoms with Crippen LogP contribution < -0.4 is 4.74 Å². The number of hydrogen-bond donors (Lipinski definition) is 1. The van der Waals surface area contributed by atoms with Crippen molar-refractivity contribution in [1.29, 1.82) is 0 Å². The molecule has 0 spiro atoms. The molecule has 1 N–H and O–H groups in total. The van der Waals surface area contributed by atoms with E-state index in [0.717, 1.165) is 23.3 Å². The summed E-state index contributed by atoms with van der Waals surface area (Å²) in [6.45, 7) is 0.644. The molecule has 4 heteroatoms. The van der Waals surface area contributed by atoms with Gasteiger partial charge in [-0.2, -0.15) is 0 Å². The Morgan fingerprint density at radius 2 is 1.78 bits per heavy atom. The predicted octanol–water partition coefficient (Wildman–Crippen LogP) is 3.12. The molecule has 0 aliphatic rings. The molecule has 0 saturated heterocycles. The fourth-order valence-corrected chi connectivity index (χ4v) is 2.08. The summed E-state index contributed by atoms with van der Waals surface area (Å²) in [7, 11) is 3.43. The van der Waals surface area contributed by atoms with Crippen LogP contribution in [0.4, 0.5) is 0 Å². The minimum Gasteiger partial charge on any atom is -0.508 e. The van der Waals surface area contributed by atoms with E-state index in [1.807, 2.05) is 24.3 Å². The first-order chi connectivity index (χ1) is 11.1. The largest absolute Gasteiger partial charge is 0.508 e. The lowest BCUT2D eigenvalue weighted by Gasteiger charge is -2.15. The lowest BCUT2D eigenvalue weighted by Crippen LogP contribution is -2.27. The fourth-order valence-electron chi connectivity index (χ4n) is 2.08. The van der Waals surface area contributed by atoms with Crippen molar-refractivity contribution in [3.63, 3.8) is 0 Å². The molecule has 0 aromatic heterocycles. The molecule has 1 amide bonds. The van der Waals surface area contributed by atoms with Crippen LogP contribution in [0, 0.1) is 0 Å². The van der Waals surface area contributed by atoms with E-state index in [-0.39, 0.29) is 11.7 Å². The van der Waals surface area contributed by atoms with Crippen molar-refractivity contribution >= 4 is 12.0 Å². The van der Waals surface area contributed by atoms with Crippen LogP contribution in [0.2, 0.25) is 0 Å². The molecule has 0 aliphatic carbocycles. The molecule has 0 fully saturated rings. The third kappa shape index (κ3) is 5.18. The van der Waals surface area contributed by atoms with Gasteiger partial charge in [0.1, 0.15) is 11.5 Å². The summed E-state index contributed by atoms with van der Waals surface area (Å²) < 4.78 is 5.13. The van der Waals surface area contributed by atoms with Crippen molar-refractivity contribution in [3.05, 3.63) is 65.7 Å². The average molecular weight is 311 g/mol. The van der Waals surface area contributed by atoms with Gasteiger partial charge in [-0.3, -0.25) is 4.79 Å². The Morgan fingerprint density at radius 3 is 2.39 bits per heavy atom. The summed E-state index contributed by atoms with van der Waals surface area (Å²) >= 11 is 0.